The topological polar surface area (TPSA) is 0 Å². The van der Waals surface area contributed by atoms with Crippen LogP contribution in [0.25, 0.3) is 0 Å². The van der Waals surface area contributed by atoms with Crippen LogP contribution in [0, 0.1) is 24.7 Å². The molecular weight excluding hydrogens is 72.1 g/mol. The Morgan fingerprint density at radius 3 is 2.33 bits per heavy atom. The van der Waals surface area contributed by atoms with Gasteiger partial charge in [0.25, 0.3) is 0 Å². The summed E-state index contributed by atoms with van der Waals surface area (Å²) in [5.41, 5.74) is 0. The van der Waals surface area contributed by atoms with E-state index in [-0.39, 0.29) is 0 Å². The molecule has 0 atom stereocenters. The molecule has 0 spiro atoms. The van der Waals surface area contributed by atoms with Crippen LogP contribution in [0.4, 0.5) is 0 Å². The van der Waals surface area contributed by atoms with Crippen molar-refractivity contribution >= 4 is 0 Å². The van der Waals surface area contributed by atoms with Crippen molar-refractivity contribution in [1.29, 1.82) is 0 Å². The van der Waals surface area contributed by atoms with Crippen molar-refractivity contribution in [3.63, 3.8) is 0 Å². The molecule has 0 aromatic carbocycles. The number of rotatable bonds is 0. The molecule has 0 heteroatoms. The van der Waals surface area contributed by atoms with Crippen molar-refractivity contribution in [3.05, 3.63) is 18.6 Å². The van der Waals surface area contributed by atoms with Crippen LogP contribution in [0.2, 0.25) is 0 Å². The molecule has 0 saturated carbocycles. The second-order valence-corrected chi connectivity index (χ2v) is 0.644. The maximum Gasteiger partial charge on any atom is -0.00250 e. The fourth-order valence-electron chi connectivity index (χ4n) is 0.0898. The highest BCUT2D eigenvalue weighted by Gasteiger charge is 1.47. The van der Waals surface area contributed by atoms with Crippen LogP contribution in [0.5, 0.6) is 0 Å². The average molecular weight is 75.1 g/mol. The minimum Gasteiger partial charge on any atom is -0.115 e. The lowest BCUT2D eigenvalue weighted by Crippen LogP contribution is -1.40. The van der Waals surface area contributed by atoms with E-state index in [1.54, 1.807) is 0 Å². The average Bonchev–Trinajstić information content (AvgIpc) is 1.61. The van der Waals surface area contributed by atoms with Crippen molar-refractivity contribution in [2.75, 3.05) is 0 Å². The Hall–Kier alpha value is -1.14. The fraction of sp³-hybridized carbons (Fsp3) is 0. The molecule has 27 valence electrons. The number of hydrogen-bond acceptors (Lipinski definition) is 0. The van der Waals surface area contributed by atoms with Crippen LogP contribution in [-0.4, -0.2) is 0 Å². The first-order valence-electron chi connectivity index (χ1n) is 1.45. The summed E-state index contributed by atoms with van der Waals surface area (Å²) in [5, 5.41) is 0. The fourth-order valence-corrected chi connectivity index (χ4v) is 0.0898. The summed E-state index contributed by atoms with van der Waals surface area (Å²) in [7, 11) is 0. The molecule has 1 radical (unpaired) electrons. The number of terminal acetylenes is 1. The number of allylic oxidation sites excluding steroid dienone is 2. The third-order valence-corrected chi connectivity index (χ3v) is 0.263. The summed E-state index contributed by atoms with van der Waals surface area (Å²) >= 11 is 0. The van der Waals surface area contributed by atoms with Crippen molar-refractivity contribution in [2.45, 2.75) is 0 Å². The van der Waals surface area contributed by atoms with E-state index in [2.05, 4.69) is 5.92 Å². The van der Waals surface area contributed by atoms with Gasteiger partial charge in [-0.05, 0) is 18.6 Å². The first kappa shape index (κ1) is 4.86. The number of hydrogen-bond donors (Lipinski definition) is 0. The quantitative estimate of drug-likeness (QED) is 0.373. The Morgan fingerprint density at radius 1 is 1.50 bits per heavy atom. The zero-order chi connectivity index (χ0) is 4.83. The van der Waals surface area contributed by atoms with Crippen LogP contribution in [0.15, 0.2) is 12.2 Å². The Morgan fingerprint density at radius 2 is 2.17 bits per heavy atom. The Labute approximate surface area is 37.9 Å². The predicted octanol–water partition coefficient (Wildman–Crippen LogP) is 0.766. The molecule has 6 heavy (non-hydrogen) atoms. The molecule has 0 N–H and O–H groups in total. The third kappa shape index (κ3) is 2.86. The normalized spacial score (nSPS) is 7.00. The van der Waals surface area contributed by atoms with Gasteiger partial charge in [0.15, 0.2) is 0 Å². The largest absolute Gasteiger partial charge is 0.115 e. The zero-order valence-electron chi connectivity index (χ0n) is 3.23. The molecule has 0 unspecified atom stereocenters. The van der Waals surface area contributed by atoms with Gasteiger partial charge in [-0.3, -0.25) is 0 Å². The van der Waals surface area contributed by atoms with Crippen LogP contribution >= 0.6 is 0 Å². The van der Waals surface area contributed by atoms with E-state index >= 15 is 0 Å². The summed E-state index contributed by atoms with van der Waals surface area (Å²) in [6, 6.07) is 0. The highest BCUT2D eigenvalue weighted by molar-refractivity contribution is 5.17. The monoisotopic (exact) mass is 75.0 g/mol. The van der Waals surface area contributed by atoms with Crippen molar-refractivity contribution < 1.29 is 0 Å². The molecule has 0 aromatic rings. The van der Waals surface area contributed by atoms with E-state index < -0.39 is 0 Å². The van der Waals surface area contributed by atoms with Gasteiger partial charge < -0.3 is 0 Å². The Kier molecular flexibility index (Phi) is 3.13. The molecule has 0 heterocycles. The van der Waals surface area contributed by atoms with Gasteiger partial charge in [0, 0.05) is 0 Å². The maximum atomic E-state index is 6.27. The Balaban J connectivity index is 3.36. The standard InChI is InChI=1S/C6H3/c1-3-5-6-4-2/h1,5-6H. The smallest absolute Gasteiger partial charge is 0.00250 e. The van der Waals surface area contributed by atoms with E-state index in [0.717, 1.165) is 0 Å². The van der Waals surface area contributed by atoms with Gasteiger partial charge in [0.05, 0.1) is 0 Å². The molecule has 0 saturated heterocycles. The Bertz CT molecular complexity index is 100.0. The summed E-state index contributed by atoms with van der Waals surface area (Å²) < 4.78 is 0. The SMILES string of the molecule is [C]#CC=CC#C. The maximum absolute atomic E-state index is 6.27. The van der Waals surface area contributed by atoms with Gasteiger partial charge in [0.1, 0.15) is 0 Å². The lowest BCUT2D eigenvalue weighted by Gasteiger charge is -1.52. The molecule has 0 bridgehead atoms. The van der Waals surface area contributed by atoms with Gasteiger partial charge in [-0.1, -0.05) is 11.8 Å². The van der Waals surface area contributed by atoms with Crippen LogP contribution in [-0.2, 0) is 0 Å². The lowest BCUT2D eigenvalue weighted by molar-refractivity contribution is 2.14. The molecule has 0 aliphatic rings. The first-order chi connectivity index (χ1) is 2.91. The third-order valence-electron chi connectivity index (χ3n) is 0.263. The summed E-state index contributed by atoms with van der Waals surface area (Å²) in [6.45, 7) is 0. The highest BCUT2D eigenvalue weighted by atomic mass is 13.5. The molecular formula is C6H3. The van der Waals surface area contributed by atoms with Crippen molar-refractivity contribution in [2.24, 2.45) is 0 Å². The molecule has 0 aromatic heterocycles. The van der Waals surface area contributed by atoms with Crippen LogP contribution in [0.1, 0.15) is 0 Å². The molecule has 0 aliphatic carbocycles. The molecule has 0 rings (SSSR count). The van der Waals surface area contributed by atoms with Gasteiger partial charge in [-0.2, -0.15) is 0 Å². The summed E-state index contributed by atoms with van der Waals surface area (Å²) in [5.74, 6) is 4.20. The van der Waals surface area contributed by atoms with Crippen molar-refractivity contribution in [3.8, 4) is 18.3 Å². The minimum absolute atomic E-state index is 1.36. The second kappa shape index (κ2) is 3.86. The minimum atomic E-state index is 1.36. The lowest BCUT2D eigenvalue weighted by atomic mass is 10.5. The molecule has 0 nitrogen and oxygen atoms in total. The zero-order valence-corrected chi connectivity index (χ0v) is 3.23. The van der Waals surface area contributed by atoms with Gasteiger partial charge >= 0.3 is 0 Å². The van der Waals surface area contributed by atoms with E-state index in [4.69, 9.17) is 12.8 Å². The van der Waals surface area contributed by atoms with Crippen LogP contribution < -0.4 is 0 Å². The molecule has 0 aliphatic heterocycles. The molecule has 0 amide bonds. The molecule has 0 fully saturated rings. The van der Waals surface area contributed by atoms with E-state index in [0.29, 0.717) is 0 Å². The van der Waals surface area contributed by atoms with Gasteiger partial charge in [-0.15, -0.1) is 6.42 Å². The second-order valence-electron chi connectivity index (χ2n) is 0.644. The van der Waals surface area contributed by atoms with Crippen LogP contribution in [0.3, 0.4) is 0 Å². The van der Waals surface area contributed by atoms with E-state index in [1.165, 1.54) is 12.2 Å². The highest BCUT2D eigenvalue weighted by Crippen LogP contribution is 1.59. The van der Waals surface area contributed by atoms with E-state index in [9.17, 15) is 0 Å². The van der Waals surface area contributed by atoms with Crippen molar-refractivity contribution in [1.82, 2.24) is 0 Å². The van der Waals surface area contributed by atoms with Gasteiger partial charge in [0.2, 0.25) is 0 Å². The first-order valence-corrected chi connectivity index (χ1v) is 1.45. The summed E-state index contributed by atoms with van der Waals surface area (Å²) in [6.07, 6.45) is 13.8. The van der Waals surface area contributed by atoms with Gasteiger partial charge in [-0.25, -0.2) is 0 Å². The van der Waals surface area contributed by atoms with E-state index in [1.807, 2.05) is 5.92 Å². The predicted molar refractivity (Wildman–Crippen MR) is 25.1 cm³/mol. The summed E-state index contributed by atoms with van der Waals surface area (Å²) in [4.78, 5) is 0.